The Morgan fingerprint density at radius 1 is 1.37 bits per heavy atom. The maximum Gasteiger partial charge on any atom is 0.258 e. The van der Waals surface area contributed by atoms with Gasteiger partial charge < -0.3 is 5.32 Å². The van der Waals surface area contributed by atoms with E-state index in [1.165, 1.54) is 0 Å². The first-order valence-corrected chi connectivity index (χ1v) is 5.89. The number of hydrogen-bond acceptors (Lipinski definition) is 2. The fourth-order valence-electron chi connectivity index (χ4n) is 1.49. The van der Waals surface area contributed by atoms with E-state index < -0.39 is 17.5 Å². The summed E-state index contributed by atoms with van der Waals surface area (Å²) >= 11 is 5.70. The van der Waals surface area contributed by atoms with Crippen molar-refractivity contribution in [1.29, 1.82) is 0 Å². The molecule has 100 valence electrons. The Balaban J connectivity index is 2.22. The summed E-state index contributed by atoms with van der Waals surface area (Å²) in [7, 11) is 0. The van der Waals surface area contributed by atoms with Gasteiger partial charge in [0, 0.05) is 11.8 Å². The van der Waals surface area contributed by atoms with E-state index in [4.69, 9.17) is 11.6 Å². The molecule has 0 bridgehead atoms. The lowest BCUT2D eigenvalue weighted by Gasteiger charge is -2.04. The summed E-state index contributed by atoms with van der Waals surface area (Å²) in [5, 5.41) is 8.85. The van der Waals surface area contributed by atoms with Gasteiger partial charge in [0.05, 0.1) is 10.6 Å². The van der Waals surface area contributed by atoms with E-state index in [9.17, 15) is 13.6 Å². The van der Waals surface area contributed by atoms with Gasteiger partial charge in [0.1, 0.15) is 0 Å². The SMILES string of the molecule is CCc1cc(NC(=O)c2cc(F)c(F)cc2Cl)n[nH]1. The molecule has 1 aromatic heterocycles. The number of anilines is 1. The Bertz CT molecular complexity index is 627. The molecule has 0 saturated carbocycles. The zero-order valence-electron chi connectivity index (χ0n) is 9.93. The topological polar surface area (TPSA) is 57.8 Å². The van der Waals surface area contributed by atoms with Crippen molar-refractivity contribution in [2.24, 2.45) is 0 Å². The number of carbonyl (C=O) groups is 1. The van der Waals surface area contributed by atoms with Crippen LogP contribution >= 0.6 is 11.6 Å². The fraction of sp³-hybridized carbons (Fsp3) is 0.167. The van der Waals surface area contributed by atoms with Gasteiger partial charge in [-0.15, -0.1) is 0 Å². The van der Waals surface area contributed by atoms with Crippen molar-refractivity contribution in [3.05, 3.63) is 46.1 Å². The van der Waals surface area contributed by atoms with Gasteiger partial charge in [-0.1, -0.05) is 18.5 Å². The number of carbonyl (C=O) groups excluding carboxylic acids is 1. The number of nitrogens with zero attached hydrogens (tertiary/aromatic N) is 1. The first kappa shape index (κ1) is 13.5. The zero-order valence-corrected chi connectivity index (χ0v) is 10.7. The molecule has 1 heterocycles. The van der Waals surface area contributed by atoms with E-state index in [1.807, 2.05) is 6.92 Å². The molecule has 0 aliphatic carbocycles. The van der Waals surface area contributed by atoms with Crippen LogP contribution in [0.1, 0.15) is 23.0 Å². The van der Waals surface area contributed by atoms with E-state index in [0.717, 1.165) is 24.2 Å². The molecule has 0 saturated heterocycles. The first-order chi connectivity index (χ1) is 9.01. The molecular weight excluding hydrogens is 276 g/mol. The van der Waals surface area contributed by atoms with Gasteiger partial charge in [-0.2, -0.15) is 5.10 Å². The number of aromatic amines is 1. The third kappa shape index (κ3) is 2.90. The van der Waals surface area contributed by atoms with Gasteiger partial charge in [-0.3, -0.25) is 9.89 Å². The quantitative estimate of drug-likeness (QED) is 0.851. The molecule has 0 aliphatic rings. The molecule has 2 N–H and O–H groups in total. The molecule has 7 heteroatoms. The van der Waals surface area contributed by atoms with Crippen molar-refractivity contribution in [3.8, 4) is 0 Å². The van der Waals surface area contributed by atoms with Crippen LogP contribution in [0.25, 0.3) is 0 Å². The zero-order chi connectivity index (χ0) is 14.0. The molecular formula is C12H10ClF2N3O. The Labute approximate surface area is 112 Å². The maximum absolute atomic E-state index is 13.1. The van der Waals surface area contributed by atoms with Crippen molar-refractivity contribution in [3.63, 3.8) is 0 Å². The van der Waals surface area contributed by atoms with Gasteiger partial charge in [0.15, 0.2) is 17.5 Å². The minimum absolute atomic E-state index is 0.151. The van der Waals surface area contributed by atoms with Crippen molar-refractivity contribution in [1.82, 2.24) is 10.2 Å². The lowest BCUT2D eigenvalue weighted by atomic mass is 10.2. The van der Waals surface area contributed by atoms with Crippen molar-refractivity contribution < 1.29 is 13.6 Å². The third-order valence-electron chi connectivity index (χ3n) is 2.51. The van der Waals surface area contributed by atoms with Gasteiger partial charge in [0.2, 0.25) is 0 Å². The van der Waals surface area contributed by atoms with Crippen LogP contribution < -0.4 is 5.32 Å². The minimum atomic E-state index is -1.13. The highest BCUT2D eigenvalue weighted by molar-refractivity contribution is 6.34. The summed E-state index contributed by atoms with van der Waals surface area (Å²) in [6.07, 6.45) is 0.731. The van der Waals surface area contributed by atoms with Crippen LogP contribution in [0.4, 0.5) is 14.6 Å². The Morgan fingerprint density at radius 3 is 2.68 bits per heavy atom. The predicted octanol–water partition coefficient (Wildman–Crippen LogP) is 3.16. The van der Waals surface area contributed by atoms with Crippen LogP contribution in [0.5, 0.6) is 0 Å². The molecule has 0 aliphatic heterocycles. The lowest BCUT2D eigenvalue weighted by molar-refractivity contribution is 0.102. The van der Waals surface area contributed by atoms with Gasteiger partial charge in [-0.25, -0.2) is 8.78 Å². The molecule has 1 amide bonds. The monoisotopic (exact) mass is 285 g/mol. The van der Waals surface area contributed by atoms with Crippen molar-refractivity contribution in [2.75, 3.05) is 5.32 Å². The Morgan fingerprint density at radius 2 is 2.05 bits per heavy atom. The predicted molar refractivity (Wildman–Crippen MR) is 67.3 cm³/mol. The highest BCUT2D eigenvalue weighted by atomic mass is 35.5. The highest BCUT2D eigenvalue weighted by Gasteiger charge is 2.16. The fourth-order valence-corrected chi connectivity index (χ4v) is 1.72. The average molecular weight is 286 g/mol. The molecule has 4 nitrogen and oxygen atoms in total. The Hall–Kier alpha value is -1.95. The number of H-pyrrole nitrogens is 1. The second kappa shape index (κ2) is 5.36. The first-order valence-electron chi connectivity index (χ1n) is 5.51. The molecule has 0 atom stereocenters. The number of rotatable bonds is 3. The van der Waals surface area contributed by atoms with E-state index in [0.29, 0.717) is 5.82 Å². The second-order valence-electron chi connectivity index (χ2n) is 3.83. The van der Waals surface area contributed by atoms with Crippen molar-refractivity contribution in [2.45, 2.75) is 13.3 Å². The molecule has 0 unspecified atom stereocenters. The second-order valence-corrected chi connectivity index (χ2v) is 4.24. The molecule has 0 spiro atoms. The number of benzene rings is 1. The standard InChI is InChI=1S/C12H10ClF2N3O/c1-2-6-3-11(18-17-6)16-12(19)7-4-9(14)10(15)5-8(7)13/h3-5H,2H2,1H3,(H2,16,17,18,19). The van der Waals surface area contributed by atoms with Crippen LogP contribution in [0, 0.1) is 11.6 Å². The molecule has 1 aromatic carbocycles. The summed E-state index contributed by atoms with van der Waals surface area (Å²) in [5.74, 6) is -2.60. The van der Waals surface area contributed by atoms with Gasteiger partial charge in [-0.05, 0) is 18.6 Å². The summed E-state index contributed by atoms with van der Waals surface area (Å²) in [6, 6.07) is 3.15. The molecule has 0 radical (unpaired) electrons. The Kier molecular flexibility index (Phi) is 3.80. The summed E-state index contributed by atoms with van der Waals surface area (Å²) in [4.78, 5) is 11.9. The molecule has 19 heavy (non-hydrogen) atoms. The van der Waals surface area contributed by atoms with Crippen LogP contribution in [-0.2, 0) is 6.42 Å². The average Bonchev–Trinajstić information content (AvgIpc) is 2.81. The third-order valence-corrected chi connectivity index (χ3v) is 2.82. The van der Waals surface area contributed by atoms with Crippen LogP contribution in [-0.4, -0.2) is 16.1 Å². The summed E-state index contributed by atoms with van der Waals surface area (Å²) in [5.41, 5.74) is 0.688. The molecule has 2 rings (SSSR count). The van der Waals surface area contributed by atoms with Crippen LogP contribution in [0.15, 0.2) is 18.2 Å². The number of nitrogens with one attached hydrogen (secondary N) is 2. The number of hydrogen-bond donors (Lipinski definition) is 2. The summed E-state index contributed by atoms with van der Waals surface area (Å²) < 4.78 is 26.0. The van der Waals surface area contributed by atoms with Gasteiger partial charge >= 0.3 is 0 Å². The number of amides is 1. The van der Waals surface area contributed by atoms with E-state index >= 15 is 0 Å². The molecule has 0 fully saturated rings. The lowest BCUT2D eigenvalue weighted by Crippen LogP contribution is -2.13. The van der Waals surface area contributed by atoms with E-state index in [2.05, 4.69) is 15.5 Å². The number of halogens is 3. The van der Waals surface area contributed by atoms with Crippen molar-refractivity contribution >= 4 is 23.3 Å². The normalized spacial score (nSPS) is 10.5. The number of aromatic nitrogens is 2. The smallest absolute Gasteiger partial charge is 0.258 e. The van der Waals surface area contributed by atoms with E-state index in [-0.39, 0.29) is 10.6 Å². The van der Waals surface area contributed by atoms with Crippen LogP contribution in [0.2, 0.25) is 5.02 Å². The highest BCUT2D eigenvalue weighted by Crippen LogP contribution is 2.21. The largest absolute Gasteiger partial charge is 0.305 e. The summed E-state index contributed by atoms with van der Waals surface area (Å²) in [6.45, 7) is 1.92. The maximum atomic E-state index is 13.1. The minimum Gasteiger partial charge on any atom is -0.305 e. The van der Waals surface area contributed by atoms with Gasteiger partial charge in [0.25, 0.3) is 5.91 Å². The van der Waals surface area contributed by atoms with Crippen LogP contribution in [0.3, 0.4) is 0 Å². The number of aryl methyl sites for hydroxylation is 1. The molecule has 2 aromatic rings. The van der Waals surface area contributed by atoms with E-state index in [1.54, 1.807) is 6.07 Å².